The van der Waals surface area contributed by atoms with Crippen LogP contribution in [-0.4, -0.2) is 14.2 Å². The molecule has 1 aromatic carbocycles. The lowest BCUT2D eigenvalue weighted by Crippen LogP contribution is -2.14. The van der Waals surface area contributed by atoms with Crippen molar-refractivity contribution in [1.82, 2.24) is 5.32 Å². The van der Waals surface area contributed by atoms with Crippen LogP contribution >= 0.6 is 0 Å². The number of benzene rings is 1. The van der Waals surface area contributed by atoms with Crippen LogP contribution in [0.1, 0.15) is 17.2 Å². The van der Waals surface area contributed by atoms with E-state index in [2.05, 4.69) is 11.4 Å². The lowest BCUT2D eigenvalue weighted by molar-refractivity contribution is 0.185. The minimum absolute atomic E-state index is 0.244. The summed E-state index contributed by atoms with van der Waals surface area (Å²) >= 11 is 0. The van der Waals surface area contributed by atoms with Crippen LogP contribution < -0.4 is 5.32 Å². The molecule has 0 fully saturated rings. The van der Waals surface area contributed by atoms with E-state index in [-0.39, 0.29) is 6.04 Å². The maximum absolute atomic E-state index is 8.86. The van der Waals surface area contributed by atoms with E-state index in [0.717, 1.165) is 11.1 Å². The Balaban J connectivity index is 2.88. The van der Waals surface area contributed by atoms with Crippen molar-refractivity contribution >= 4 is 0 Å². The van der Waals surface area contributed by atoms with Crippen molar-refractivity contribution in [3.63, 3.8) is 0 Å². The molecular formula is C11H14N2O. The maximum Gasteiger partial charge on any atom is 0.121 e. The average molecular weight is 190 g/mol. The van der Waals surface area contributed by atoms with Crippen molar-refractivity contribution in [1.29, 1.82) is 5.26 Å². The zero-order chi connectivity index (χ0) is 10.4. The third-order valence-electron chi connectivity index (χ3n) is 2.01. The first kappa shape index (κ1) is 10.7. The van der Waals surface area contributed by atoms with Gasteiger partial charge >= 0.3 is 0 Å². The molecule has 0 amide bonds. The highest BCUT2D eigenvalue weighted by Gasteiger charge is 2.07. The Morgan fingerprint density at radius 1 is 1.57 bits per heavy atom. The monoisotopic (exact) mass is 190 g/mol. The van der Waals surface area contributed by atoms with Crippen molar-refractivity contribution in [2.45, 2.75) is 12.6 Å². The van der Waals surface area contributed by atoms with Gasteiger partial charge in [-0.25, -0.2) is 0 Å². The molecular weight excluding hydrogens is 176 g/mol. The number of hydrogen-bond acceptors (Lipinski definition) is 3. The van der Waals surface area contributed by atoms with Gasteiger partial charge in [-0.1, -0.05) is 24.3 Å². The van der Waals surface area contributed by atoms with Gasteiger partial charge in [0, 0.05) is 7.11 Å². The van der Waals surface area contributed by atoms with Gasteiger partial charge in [0.05, 0.1) is 12.7 Å². The Hall–Kier alpha value is -1.37. The fourth-order valence-electron chi connectivity index (χ4n) is 1.33. The topological polar surface area (TPSA) is 45.0 Å². The molecule has 3 nitrogen and oxygen atoms in total. The standard InChI is InChI=1S/C11H14N2O/c1-13-11(7-12)10-5-3-4-9(6-10)8-14-2/h3-6,11,13H,8H2,1-2H3. The third-order valence-corrected chi connectivity index (χ3v) is 2.01. The zero-order valence-corrected chi connectivity index (χ0v) is 8.45. The summed E-state index contributed by atoms with van der Waals surface area (Å²) < 4.78 is 5.03. The number of rotatable bonds is 4. The molecule has 1 unspecified atom stereocenters. The van der Waals surface area contributed by atoms with Crippen LogP contribution in [0.25, 0.3) is 0 Å². The summed E-state index contributed by atoms with van der Waals surface area (Å²) in [5.41, 5.74) is 2.06. The Bertz CT molecular complexity index is 330. The van der Waals surface area contributed by atoms with E-state index in [1.807, 2.05) is 24.3 Å². The Labute approximate surface area is 84.3 Å². The van der Waals surface area contributed by atoms with E-state index >= 15 is 0 Å². The number of nitriles is 1. The van der Waals surface area contributed by atoms with Gasteiger partial charge < -0.3 is 10.1 Å². The fourth-order valence-corrected chi connectivity index (χ4v) is 1.33. The summed E-state index contributed by atoms with van der Waals surface area (Å²) in [4.78, 5) is 0. The van der Waals surface area contributed by atoms with Gasteiger partial charge in [0.25, 0.3) is 0 Å². The molecule has 0 spiro atoms. The van der Waals surface area contributed by atoms with Gasteiger partial charge in [-0.3, -0.25) is 0 Å². The highest BCUT2D eigenvalue weighted by molar-refractivity contribution is 5.28. The summed E-state index contributed by atoms with van der Waals surface area (Å²) in [6, 6.07) is 9.77. The molecule has 1 N–H and O–H groups in total. The molecule has 14 heavy (non-hydrogen) atoms. The van der Waals surface area contributed by atoms with Crippen molar-refractivity contribution in [3.8, 4) is 6.07 Å². The van der Waals surface area contributed by atoms with E-state index in [1.165, 1.54) is 0 Å². The molecule has 0 aliphatic heterocycles. The first-order chi connectivity index (χ1) is 6.81. The smallest absolute Gasteiger partial charge is 0.121 e. The number of nitrogens with zero attached hydrogens (tertiary/aromatic N) is 1. The van der Waals surface area contributed by atoms with Gasteiger partial charge in [-0.15, -0.1) is 0 Å². The summed E-state index contributed by atoms with van der Waals surface area (Å²) in [5, 5.41) is 11.8. The van der Waals surface area contributed by atoms with Crippen LogP contribution in [0.4, 0.5) is 0 Å². The molecule has 0 radical (unpaired) electrons. The fraction of sp³-hybridized carbons (Fsp3) is 0.364. The van der Waals surface area contributed by atoms with Gasteiger partial charge in [0.2, 0.25) is 0 Å². The molecule has 0 aromatic heterocycles. The van der Waals surface area contributed by atoms with Gasteiger partial charge in [-0.05, 0) is 18.2 Å². The second-order valence-corrected chi connectivity index (χ2v) is 3.03. The molecule has 0 aliphatic rings. The predicted octanol–water partition coefficient (Wildman–Crippen LogP) is 1.62. The molecule has 0 saturated heterocycles. The number of ether oxygens (including phenoxy) is 1. The maximum atomic E-state index is 8.86. The van der Waals surface area contributed by atoms with Crippen LogP contribution in [0, 0.1) is 11.3 Å². The summed E-state index contributed by atoms with van der Waals surface area (Å²) in [6.07, 6.45) is 0. The Morgan fingerprint density at radius 2 is 2.36 bits per heavy atom. The molecule has 1 atom stereocenters. The normalized spacial score (nSPS) is 12.1. The minimum Gasteiger partial charge on any atom is -0.380 e. The second kappa shape index (κ2) is 5.38. The van der Waals surface area contributed by atoms with Crippen molar-refractivity contribution in [2.24, 2.45) is 0 Å². The van der Waals surface area contributed by atoms with E-state index in [4.69, 9.17) is 10.00 Å². The lowest BCUT2D eigenvalue weighted by Gasteiger charge is -2.09. The van der Waals surface area contributed by atoms with Crippen LogP contribution in [-0.2, 0) is 11.3 Å². The third kappa shape index (κ3) is 2.56. The molecule has 74 valence electrons. The zero-order valence-electron chi connectivity index (χ0n) is 8.45. The Kier molecular flexibility index (Phi) is 4.11. The Morgan fingerprint density at radius 3 is 2.93 bits per heavy atom. The van der Waals surface area contributed by atoms with Crippen molar-refractivity contribution in [3.05, 3.63) is 35.4 Å². The molecule has 1 aromatic rings. The minimum atomic E-state index is -0.244. The van der Waals surface area contributed by atoms with E-state index in [1.54, 1.807) is 14.2 Å². The number of methoxy groups -OCH3 is 1. The van der Waals surface area contributed by atoms with Gasteiger partial charge in [-0.2, -0.15) is 5.26 Å². The SMILES string of the molecule is CNC(C#N)c1cccc(COC)c1. The largest absolute Gasteiger partial charge is 0.380 e. The molecule has 0 aliphatic carbocycles. The average Bonchev–Trinajstić information content (AvgIpc) is 2.21. The van der Waals surface area contributed by atoms with E-state index in [9.17, 15) is 0 Å². The van der Waals surface area contributed by atoms with Crippen LogP contribution in [0.5, 0.6) is 0 Å². The van der Waals surface area contributed by atoms with E-state index < -0.39 is 0 Å². The molecule has 3 heteroatoms. The lowest BCUT2D eigenvalue weighted by atomic mass is 10.1. The summed E-state index contributed by atoms with van der Waals surface area (Å²) in [7, 11) is 3.43. The van der Waals surface area contributed by atoms with Crippen LogP contribution in [0.2, 0.25) is 0 Å². The first-order valence-electron chi connectivity index (χ1n) is 4.46. The second-order valence-electron chi connectivity index (χ2n) is 3.03. The van der Waals surface area contributed by atoms with Gasteiger partial charge in [0.15, 0.2) is 0 Å². The van der Waals surface area contributed by atoms with Crippen LogP contribution in [0.3, 0.4) is 0 Å². The first-order valence-corrected chi connectivity index (χ1v) is 4.46. The number of nitrogens with one attached hydrogen (secondary N) is 1. The summed E-state index contributed by atoms with van der Waals surface area (Å²) in [5.74, 6) is 0. The van der Waals surface area contributed by atoms with Crippen LogP contribution in [0.15, 0.2) is 24.3 Å². The molecule has 0 bridgehead atoms. The molecule has 0 heterocycles. The molecule has 0 saturated carbocycles. The highest BCUT2D eigenvalue weighted by Crippen LogP contribution is 2.13. The quantitative estimate of drug-likeness (QED) is 0.784. The molecule has 1 rings (SSSR count). The van der Waals surface area contributed by atoms with Gasteiger partial charge in [0.1, 0.15) is 6.04 Å². The predicted molar refractivity (Wildman–Crippen MR) is 54.6 cm³/mol. The number of hydrogen-bond donors (Lipinski definition) is 1. The summed E-state index contributed by atoms with van der Waals surface area (Å²) in [6.45, 7) is 0.579. The van der Waals surface area contributed by atoms with Crippen molar-refractivity contribution < 1.29 is 4.74 Å². The highest BCUT2D eigenvalue weighted by atomic mass is 16.5. The van der Waals surface area contributed by atoms with Crippen molar-refractivity contribution in [2.75, 3.05) is 14.2 Å². The van der Waals surface area contributed by atoms with E-state index in [0.29, 0.717) is 6.61 Å².